The Morgan fingerprint density at radius 1 is 1.07 bits per heavy atom. The molecule has 0 atom stereocenters. The maximum Gasteiger partial charge on any atom is 0.341 e. The highest BCUT2D eigenvalue weighted by molar-refractivity contribution is 7.17. The third kappa shape index (κ3) is 4.87. The van der Waals surface area contributed by atoms with Crippen LogP contribution in [0.4, 0.5) is 5.00 Å². The second kappa shape index (κ2) is 9.64. The number of rotatable bonds is 8. The van der Waals surface area contributed by atoms with Crippen molar-refractivity contribution in [3.63, 3.8) is 0 Å². The molecular weight excluding hydrogens is 374 g/mol. The van der Waals surface area contributed by atoms with Crippen molar-refractivity contribution in [1.82, 2.24) is 0 Å². The molecule has 0 fully saturated rings. The number of ether oxygens (including phenoxy) is 1. The summed E-state index contributed by atoms with van der Waals surface area (Å²) >= 11 is 1.48. The van der Waals surface area contributed by atoms with Crippen LogP contribution >= 0.6 is 11.3 Å². The van der Waals surface area contributed by atoms with E-state index in [1.165, 1.54) is 16.2 Å². The summed E-state index contributed by atoms with van der Waals surface area (Å²) in [4.78, 5) is 38.1. The predicted molar refractivity (Wildman–Crippen MR) is 110 cm³/mol. The first-order chi connectivity index (χ1) is 13.6. The molecule has 0 saturated carbocycles. The molecule has 0 bridgehead atoms. The largest absolute Gasteiger partial charge is 0.462 e. The summed E-state index contributed by atoms with van der Waals surface area (Å²) in [5, 5.41) is 3.48. The number of ketones is 1. The highest BCUT2D eigenvalue weighted by Crippen LogP contribution is 2.38. The number of Topliss-reactive ketones (excluding diaryl/α,β-unsaturated/α-hetero) is 1. The molecule has 1 N–H and O–H groups in total. The van der Waals surface area contributed by atoms with Crippen molar-refractivity contribution < 1.29 is 19.1 Å². The van der Waals surface area contributed by atoms with E-state index in [2.05, 4.69) is 5.32 Å². The Labute approximate surface area is 169 Å². The molecule has 0 aliphatic heterocycles. The molecule has 1 aliphatic carbocycles. The maximum atomic E-state index is 12.4. The molecular formula is C22H25NO4S. The number of carbonyl (C=O) groups excluding carboxylic acids is 3. The molecule has 28 heavy (non-hydrogen) atoms. The van der Waals surface area contributed by atoms with E-state index in [-0.39, 0.29) is 24.1 Å². The summed E-state index contributed by atoms with van der Waals surface area (Å²) in [5.41, 5.74) is 2.22. The van der Waals surface area contributed by atoms with E-state index in [0.29, 0.717) is 35.6 Å². The van der Waals surface area contributed by atoms with Gasteiger partial charge in [0.15, 0.2) is 5.78 Å². The zero-order chi connectivity index (χ0) is 19.9. The lowest BCUT2D eigenvalue weighted by Gasteiger charge is -2.12. The number of esters is 1. The molecule has 1 heterocycles. The maximum absolute atomic E-state index is 12.4. The molecule has 6 heteroatoms. The lowest BCUT2D eigenvalue weighted by molar-refractivity contribution is -0.116. The van der Waals surface area contributed by atoms with E-state index in [1.54, 1.807) is 19.1 Å². The number of benzene rings is 1. The molecule has 2 aromatic rings. The van der Waals surface area contributed by atoms with Gasteiger partial charge in [-0.1, -0.05) is 30.3 Å². The minimum Gasteiger partial charge on any atom is -0.462 e. The van der Waals surface area contributed by atoms with Crippen LogP contribution in [0, 0.1) is 0 Å². The molecule has 148 valence electrons. The summed E-state index contributed by atoms with van der Waals surface area (Å²) in [6.07, 6.45) is 4.97. The number of hydrogen-bond acceptors (Lipinski definition) is 5. The number of fused-ring (bicyclic) bond motifs is 1. The fourth-order valence-corrected chi connectivity index (χ4v) is 4.73. The molecule has 1 aromatic heterocycles. The lowest BCUT2D eigenvalue weighted by atomic mass is 9.95. The lowest BCUT2D eigenvalue weighted by Crippen LogP contribution is -2.15. The summed E-state index contributed by atoms with van der Waals surface area (Å²) in [6, 6.07) is 9.09. The number of nitrogens with one attached hydrogen (secondary N) is 1. The number of amides is 1. The fourth-order valence-electron chi connectivity index (χ4n) is 3.44. The van der Waals surface area contributed by atoms with Gasteiger partial charge in [-0.3, -0.25) is 9.59 Å². The van der Waals surface area contributed by atoms with Crippen LogP contribution in [0.1, 0.15) is 70.2 Å². The van der Waals surface area contributed by atoms with Crippen LogP contribution in [-0.2, 0) is 22.4 Å². The second-order valence-electron chi connectivity index (χ2n) is 6.83. The third-order valence-corrected chi connectivity index (χ3v) is 6.01. The van der Waals surface area contributed by atoms with Crippen molar-refractivity contribution in [2.75, 3.05) is 11.9 Å². The molecule has 1 aromatic carbocycles. The third-order valence-electron chi connectivity index (χ3n) is 4.81. The number of aryl methyl sites for hydroxylation is 1. The normalized spacial score (nSPS) is 12.9. The summed E-state index contributed by atoms with van der Waals surface area (Å²) in [5.74, 6) is -0.506. The highest BCUT2D eigenvalue weighted by Gasteiger charge is 2.27. The van der Waals surface area contributed by atoms with Gasteiger partial charge in [-0.2, -0.15) is 0 Å². The summed E-state index contributed by atoms with van der Waals surface area (Å²) < 4.78 is 5.21. The monoisotopic (exact) mass is 399 g/mol. The van der Waals surface area contributed by atoms with Gasteiger partial charge in [-0.15, -0.1) is 11.3 Å². The van der Waals surface area contributed by atoms with Crippen molar-refractivity contribution in [3.8, 4) is 0 Å². The van der Waals surface area contributed by atoms with Gasteiger partial charge in [-0.25, -0.2) is 4.79 Å². The van der Waals surface area contributed by atoms with Crippen LogP contribution in [0.25, 0.3) is 0 Å². The number of carbonyl (C=O) groups is 3. The quantitative estimate of drug-likeness (QED) is 0.511. The molecule has 0 spiro atoms. The fraction of sp³-hybridized carbons (Fsp3) is 0.409. The van der Waals surface area contributed by atoms with Crippen molar-refractivity contribution >= 4 is 34.0 Å². The van der Waals surface area contributed by atoms with Gasteiger partial charge < -0.3 is 10.1 Å². The van der Waals surface area contributed by atoms with Crippen LogP contribution in [-0.4, -0.2) is 24.3 Å². The molecule has 0 saturated heterocycles. The minimum atomic E-state index is -0.364. The Kier molecular flexibility index (Phi) is 6.98. The predicted octanol–water partition coefficient (Wildman–Crippen LogP) is 4.80. The Morgan fingerprint density at radius 2 is 1.82 bits per heavy atom. The van der Waals surface area contributed by atoms with Gasteiger partial charge in [0.2, 0.25) is 5.91 Å². The van der Waals surface area contributed by atoms with E-state index in [9.17, 15) is 14.4 Å². The number of anilines is 1. The van der Waals surface area contributed by atoms with Gasteiger partial charge in [0.25, 0.3) is 0 Å². The molecule has 1 aliphatic rings. The van der Waals surface area contributed by atoms with Gasteiger partial charge in [0, 0.05) is 23.3 Å². The van der Waals surface area contributed by atoms with Crippen LogP contribution in [0.3, 0.4) is 0 Å². The Hall–Kier alpha value is -2.47. The Balaban J connectivity index is 1.61. The zero-order valence-corrected chi connectivity index (χ0v) is 16.9. The van der Waals surface area contributed by atoms with Crippen molar-refractivity contribution in [1.29, 1.82) is 0 Å². The first kappa shape index (κ1) is 20.3. The first-order valence-electron chi connectivity index (χ1n) is 9.80. The van der Waals surface area contributed by atoms with E-state index in [4.69, 9.17) is 4.74 Å². The van der Waals surface area contributed by atoms with Crippen molar-refractivity contribution in [3.05, 3.63) is 51.9 Å². The molecule has 1 amide bonds. The number of thiophene rings is 1. The van der Waals surface area contributed by atoms with E-state index >= 15 is 0 Å². The molecule has 0 radical (unpaired) electrons. The van der Waals surface area contributed by atoms with Crippen LogP contribution in [0.2, 0.25) is 0 Å². The van der Waals surface area contributed by atoms with Crippen LogP contribution in [0.5, 0.6) is 0 Å². The topological polar surface area (TPSA) is 72.5 Å². The SMILES string of the molecule is CCOC(=O)c1c(NC(=O)CCCC(=O)c2ccccc2)sc2c1CCCC2. The summed E-state index contributed by atoms with van der Waals surface area (Å²) in [7, 11) is 0. The highest BCUT2D eigenvalue weighted by atomic mass is 32.1. The average Bonchev–Trinajstić information content (AvgIpc) is 3.06. The Bertz CT molecular complexity index is 857. The number of hydrogen-bond donors (Lipinski definition) is 1. The Morgan fingerprint density at radius 3 is 2.57 bits per heavy atom. The van der Waals surface area contributed by atoms with Crippen molar-refractivity contribution in [2.24, 2.45) is 0 Å². The van der Waals surface area contributed by atoms with Gasteiger partial charge in [0.05, 0.1) is 12.2 Å². The van der Waals surface area contributed by atoms with E-state index in [0.717, 1.165) is 31.2 Å². The van der Waals surface area contributed by atoms with Crippen LogP contribution < -0.4 is 5.32 Å². The van der Waals surface area contributed by atoms with Gasteiger partial charge in [0.1, 0.15) is 5.00 Å². The minimum absolute atomic E-state index is 0.0344. The van der Waals surface area contributed by atoms with Gasteiger partial charge in [-0.05, 0) is 44.6 Å². The average molecular weight is 400 g/mol. The molecule has 5 nitrogen and oxygen atoms in total. The van der Waals surface area contributed by atoms with E-state index in [1.807, 2.05) is 18.2 Å². The van der Waals surface area contributed by atoms with E-state index < -0.39 is 0 Å². The second-order valence-corrected chi connectivity index (χ2v) is 7.93. The van der Waals surface area contributed by atoms with Gasteiger partial charge >= 0.3 is 5.97 Å². The molecule has 0 unspecified atom stereocenters. The molecule has 3 rings (SSSR count). The smallest absolute Gasteiger partial charge is 0.341 e. The first-order valence-corrected chi connectivity index (χ1v) is 10.6. The zero-order valence-electron chi connectivity index (χ0n) is 16.1. The standard InChI is InChI=1S/C22H25NO4S/c1-2-27-22(26)20-16-11-6-7-13-18(16)28-21(20)23-19(25)14-8-12-17(24)15-9-4-3-5-10-15/h3-5,9-10H,2,6-8,11-14H2,1H3,(H,23,25). The van der Waals surface area contributed by atoms with Crippen molar-refractivity contribution in [2.45, 2.75) is 51.9 Å². The summed E-state index contributed by atoms with van der Waals surface area (Å²) in [6.45, 7) is 2.08. The van der Waals surface area contributed by atoms with Crippen LogP contribution in [0.15, 0.2) is 30.3 Å².